The molecule has 1 aromatic carbocycles. The Morgan fingerprint density at radius 2 is 1.97 bits per heavy atom. The van der Waals surface area contributed by atoms with Crippen molar-refractivity contribution in [1.82, 2.24) is 34.3 Å². The van der Waals surface area contributed by atoms with Crippen LogP contribution in [-0.2, 0) is 0 Å². The molecule has 9 nitrogen and oxygen atoms in total. The van der Waals surface area contributed by atoms with Gasteiger partial charge in [-0.3, -0.25) is 9.20 Å². The second-order valence-corrected chi connectivity index (χ2v) is 7.51. The van der Waals surface area contributed by atoms with Crippen LogP contribution < -0.4 is 5.32 Å². The van der Waals surface area contributed by atoms with E-state index in [1.54, 1.807) is 35.4 Å². The third-order valence-electron chi connectivity index (χ3n) is 5.20. The van der Waals surface area contributed by atoms with Crippen molar-refractivity contribution in [3.63, 3.8) is 0 Å². The first-order chi connectivity index (χ1) is 14.7. The first-order valence-corrected chi connectivity index (χ1v) is 10.1. The topological polar surface area (TPSA) is 93.2 Å². The Labute approximate surface area is 177 Å². The molecule has 0 aliphatic carbocycles. The summed E-state index contributed by atoms with van der Waals surface area (Å²) < 4.78 is 1.77. The lowest BCUT2D eigenvalue weighted by Gasteiger charge is -2.33. The second kappa shape index (κ2) is 7.75. The maximum Gasteiger partial charge on any atom is 0.256 e. The lowest BCUT2D eigenvalue weighted by molar-refractivity contribution is 0.0714. The van der Waals surface area contributed by atoms with Gasteiger partial charge in [0.2, 0.25) is 0 Å². The van der Waals surface area contributed by atoms with Crippen molar-refractivity contribution in [3.8, 4) is 5.69 Å². The van der Waals surface area contributed by atoms with Gasteiger partial charge in [0.05, 0.1) is 29.8 Å². The number of aromatic nitrogens is 6. The van der Waals surface area contributed by atoms with Crippen LogP contribution in [0.15, 0.2) is 55.2 Å². The second-order valence-electron chi connectivity index (χ2n) is 7.12. The Hall–Kier alpha value is -3.46. The number of hydrogen-bond donors (Lipinski definition) is 1. The highest BCUT2D eigenvalue weighted by molar-refractivity contribution is 6.29. The van der Waals surface area contributed by atoms with Crippen molar-refractivity contribution in [1.29, 1.82) is 0 Å². The number of carbonyl (C=O) groups is 1. The van der Waals surface area contributed by atoms with Crippen LogP contribution in [0.3, 0.4) is 0 Å². The zero-order valence-corrected chi connectivity index (χ0v) is 16.8. The molecule has 1 aliphatic rings. The van der Waals surface area contributed by atoms with Crippen molar-refractivity contribution in [2.75, 3.05) is 18.4 Å². The number of likely N-dealkylation sites (tertiary alicyclic amines) is 1. The first kappa shape index (κ1) is 18.6. The Morgan fingerprint density at radius 3 is 2.83 bits per heavy atom. The van der Waals surface area contributed by atoms with Crippen LogP contribution in [0.25, 0.3) is 11.3 Å². The molecule has 3 aromatic heterocycles. The van der Waals surface area contributed by atoms with E-state index in [4.69, 9.17) is 11.6 Å². The fraction of sp³-hybridized carbons (Fsp3) is 0.250. The molecule has 0 saturated carbocycles. The highest BCUT2D eigenvalue weighted by Crippen LogP contribution is 2.22. The summed E-state index contributed by atoms with van der Waals surface area (Å²) in [6, 6.07) is 7.45. The minimum absolute atomic E-state index is 0.0376. The van der Waals surface area contributed by atoms with Crippen molar-refractivity contribution >= 4 is 29.0 Å². The highest BCUT2D eigenvalue weighted by Gasteiger charge is 2.27. The predicted molar refractivity (Wildman–Crippen MR) is 112 cm³/mol. The standard InChI is InChI=1S/C20H19ClN8O/c21-17-12-23-19-18(22-9-11-28(17)19)26-14-4-3-10-27(13-14)20(30)15-5-1-2-6-16(15)29-24-7-8-25-29/h1-2,5-9,11-12,14H,3-4,10,13H2,(H,22,26). The van der Waals surface area contributed by atoms with Gasteiger partial charge in [0.25, 0.3) is 5.91 Å². The number of benzene rings is 1. The van der Waals surface area contributed by atoms with Gasteiger partial charge >= 0.3 is 0 Å². The molecule has 1 unspecified atom stereocenters. The fourth-order valence-corrected chi connectivity index (χ4v) is 3.99. The van der Waals surface area contributed by atoms with Gasteiger partial charge in [-0.25, -0.2) is 9.97 Å². The lowest BCUT2D eigenvalue weighted by atomic mass is 10.0. The Bertz CT molecular complexity index is 1190. The number of nitrogens with zero attached hydrogens (tertiary/aromatic N) is 7. The van der Waals surface area contributed by atoms with E-state index in [0.717, 1.165) is 12.8 Å². The quantitative estimate of drug-likeness (QED) is 0.543. The third kappa shape index (κ3) is 3.37. The third-order valence-corrected chi connectivity index (χ3v) is 5.48. The molecule has 1 aliphatic heterocycles. The molecule has 4 aromatic rings. The van der Waals surface area contributed by atoms with Crippen LogP contribution in [-0.4, -0.2) is 59.3 Å². The van der Waals surface area contributed by atoms with Crippen LogP contribution in [0, 0.1) is 0 Å². The number of amides is 1. The van der Waals surface area contributed by atoms with E-state index in [9.17, 15) is 4.79 Å². The summed E-state index contributed by atoms with van der Waals surface area (Å²) in [6.45, 7) is 1.27. The molecule has 0 bridgehead atoms. The number of imidazole rings is 1. The van der Waals surface area contributed by atoms with E-state index in [1.165, 1.54) is 4.80 Å². The minimum Gasteiger partial charge on any atom is -0.362 e. The molecule has 0 spiro atoms. The van der Waals surface area contributed by atoms with Crippen LogP contribution in [0.2, 0.25) is 5.15 Å². The molecule has 1 amide bonds. The largest absolute Gasteiger partial charge is 0.362 e. The van der Waals surface area contributed by atoms with Crippen LogP contribution in [0.4, 0.5) is 5.82 Å². The summed E-state index contributed by atoms with van der Waals surface area (Å²) in [6.07, 6.45) is 10.1. The van der Waals surface area contributed by atoms with Crippen LogP contribution in [0.5, 0.6) is 0 Å². The van der Waals surface area contributed by atoms with Crippen molar-refractivity contribution < 1.29 is 4.79 Å². The van der Waals surface area contributed by atoms with Gasteiger partial charge in [-0.2, -0.15) is 15.0 Å². The Morgan fingerprint density at radius 1 is 1.13 bits per heavy atom. The summed E-state index contributed by atoms with van der Waals surface area (Å²) in [5.41, 5.74) is 1.91. The van der Waals surface area contributed by atoms with Gasteiger partial charge in [0.15, 0.2) is 11.5 Å². The van der Waals surface area contributed by atoms with E-state index in [0.29, 0.717) is 41.0 Å². The fourth-order valence-electron chi connectivity index (χ4n) is 3.80. The van der Waals surface area contributed by atoms with Gasteiger partial charge in [-0.1, -0.05) is 23.7 Å². The van der Waals surface area contributed by atoms with E-state index < -0.39 is 0 Å². The predicted octanol–water partition coefficient (Wildman–Crippen LogP) is 2.68. The zero-order valence-electron chi connectivity index (χ0n) is 16.0. The average Bonchev–Trinajstić information content (AvgIpc) is 3.45. The Kier molecular flexibility index (Phi) is 4.80. The zero-order chi connectivity index (χ0) is 20.5. The molecule has 10 heteroatoms. The number of halogens is 1. The number of anilines is 1. The number of para-hydroxylation sites is 1. The molecule has 1 fully saturated rings. The number of hydrogen-bond acceptors (Lipinski definition) is 6. The van der Waals surface area contributed by atoms with Crippen molar-refractivity contribution in [2.45, 2.75) is 18.9 Å². The van der Waals surface area contributed by atoms with Gasteiger partial charge in [-0.15, -0.1) is 0 Å². The van der Waals surface area contributed by atoms with E-state index in [2.05, 4.69) is 25.5 Å². The number of piperidine rings is 1. The van der Waals surface area contributed by atoms with E-state index in [1.807, 2.05) is 29.2 Å². The monoisotopic (exact) mass is 422 g/mol. The normalized spacial score (nSPS) is 16.7. The van der Waals surface area contributed by atoms with Crippen LogP contribution >= 0.6 is 11.6 Å². The van der Waals surface area contributed by atoms with Crippen molar-refractivity contribution in [2.24, 2.45) is 0 Å². The number of fused-ring (bicyclic) bond motifs is 1. The molecular weight excluding hydrogens is 404 g/mol. The Balaban J connectivity index is 1.37. The van der Waals surface area contributed by atoms with Crippen molar-refractivity contribution in [3.05, 3.63) is 66.0 Å². The lowest BCUT2D eigenvalue weighted by Crippen LogP contribution is -2.45. The van der Waals surface area contributed by atoms with E-state index in [-0.39, 0.29) is 11.9 Å². The number of carbonyl (C=O) groups excluding carboxylic acids is 1. The smallest absolute Gasteiger partial charge is 0.256 e. The number of nitrogens with one attached hydrogen (secondary N) is 1. The first-order valence-electron chi connectivity index (χ1n) is 9.70. The SMILES string of the molecule is O=C(c1ccccc1-n1nccn1)N1CCCC(Nc2nccn3c(Cl)cnc23)C1. The van der Waals surface area contributed by atoms with Gasteiger partial charge in [0, 0.05) is 31.5 Å². The molecule has 4 heterocycles. The number of rotatable bonds is 4. The van der Waals surface area contributed by atoms with Gasteiger partial charge in [-0.05, 0) is 25.0 Å². The molecule has 1 N–H and O–H groups in total. The molecule has 152 valence electrons. The maximum atomic E-state index is 13.3. The molecule has 5 rings (SSSR count). The highest BCUT2D eigenvalue weighted by atomic mass is 35.5. The molecule has 1 atom stereocenters. The van der Waals surface area contributed by atoms with Crippen LogP contribution in [0.1, 0.15) is 23.2 Å². The molecular formula is C20H19ClN8O. The van der Waals surface area contributed by atoms with E-state index >= 15 is 0 Å². The summed E-state index contributed by atoms with van der Waals surface area (Å²) in [4.78, 5) is 25.4. The molecule has 0 radical (unpaired) electrons. The average molecular weight is 423 g/mol. The minimum atomic E-state index is -0.0376. The molecule has 30 heavy (non-hydrogen) atoms. The van der Waals surface area contributed by atoms with Gasteiger partial charge < -0.3 is 10.2 Å². The maximum absolute atomic E-state index is 13.3. The van der Waals surface area contributed by atoms with Gasteiger partial charge in [0.1, 0.15) is 5.15 Å². The summed E-state index contributed by atoms with van der Waals surface area (Å²) in [5.74, 6) is 0.620. The summed E-state index contributed by atoms with van der Waals surface area (Å²) in [5, 5.41) is 12.3. The summed E-state index contributed by atoms with van der Waals surface area (Å²) in [7, 11) is 0. The summed E-state index contributed by atoms with van der Waals surface area (Å²) >= 11 is 6.16. The molecule has 1 saturated heterocycles.